The number of fused-ring (bicyclic) bond motifs is 1. The van der Waals surface area contributed by atoms with Crippen molar-refractivity contribution in [3.63, 3.8) is 0 Å². The first kappa shape index (κ1) is 15.5. The molecule has 1 atom stereocenters. The highest BCUT2D eigenvalue weighted by molar-refractivity contribution is 7.99. The van der Waals surface area contributed by atoms with Gasteiger partial charge in [-0.1, -0.05) is 13.8 Å². The average molecular weight is 297 g/mol. The summed E-state index contributed by atoms with van der Waals surface area (Å²) in [5, 5.41) is 12.7. The van der Waals surface area contributed by atoms with E-state index in [2.05, 4.69) is 25.2 Å². The van der Waals surface area contributed by atoms with Crippen molar-refractivity contribution >= 4 is 11.8 Å². The standard InChI is InChI=1S/C15H23NO3S/c1-11(2)16-12(10-17)5-8-20-13-3-4-14-15(9-13)19-7-6-18-14/h3-4,9,11-12,16-17H,5-8,10H2,1-2H3. The summed E-state index contributed by atoms with van der Waals surface area (Å²) < 4.78 is 11.1. The van der Waals surface area contributed by atoms with Crippen molar-refractivity contribution in [2.75, 3.05) is 25.6 Å². The number of hydrogen-bond donors (Lipinski definition) is 2. The number of rotatable bonds is 7. The smallest absolute Gasteiger partial charge is 0.162 e. The van der Waals surface area contributed by atoms with Crippen LogP contribution in [0, 0.1) is 0 Å². The Hall–Kier alpha value is -0.910. The maximum absolute atomic E-state index is 9.32. The van der Waals surface area contributed by atoms with E-state index in [1.54, 1.807) is 11.8 Å². The van der Waals surface area contributed by atoms with E-state index in [-0.39, 0.29) is 12.6 Å². The zero-order chi connectivity index (χ0) is 14.4. The Morgan fingerprint density at radius 2 is 2.00 bits per heavy atom. The minimum atomic E-state index is 0.166. The highest BCUT2D eigenvalue weighted by Gasteiger charge is 2.12. The first-order valence-corrected chi connectivity index (χ1v) is 8.07. The van der Waals surface area contributed by atoms with Crippen LogP contribution in [0.3, 0.4) is 0 Å². The molecule has 0 bridgehead atoms. The van der Waals surface area contributed by atoms with E-state index >= 15 is 0 Å². The summed E-state index contributed by atoms with van der Waals surface area (Å²) in [6.07, 6.45) is 0.938. The summed E-state index contributed by atoms with van der Waals surface area (Å²) in [6.45, 7) is 5.61. The predicted octanol–water partition coefficient (Wildman–Crippen LogP) is 2.30. The summed E-state index contributed by atoms with van der Waals surface area (Å²) in [6, 6.07) is 6.61. The monoisotopic (exact) mass is 297 g/mol. The Bertz CT molecular complexity index is 426. The van der Waals surface area contributed by atoms with Crippen LogP contribution >= 0.6 is 11.8 Å². The van der Waals surface area contributed by atoms with Gasteiger partial charge in [0.15, 0.2) is 11.5 Å². The number of benzene rings is 1. The second kappa shape index (κ2) is 7.76. The molecule has 0 aromatic heterocycles. The van der Waals surface area contributed by atoms with Gasteiger partial charge < -0.3 is 19.9 Å². The predicted molar refractivity (Wildman–Crippen MR) is 81.9 cm³/mol. The molecule has 1 aliphatic rings. The maximum atomic E-state index is 9.32. The summed E-state index contributed by atoms with van der Waals surface area (Å²) in [5.74, 6) is 2.63. The van der Waals surface area contributed by atoms with Gasteiger partial charge in [-0.05, 0) is 30.4 Å². The van der Waals surface area contributed by atoms with Gasteiger partial charge in [-0.25, -0.2) is 0 Å². The number of hydrogen-bond acceptors (Lipinski definition) is 5. The van der Waals surface area contributed by atoms with Gasteiger partial charge in [0.2, 0.25) is 0 Å². The van der Waals surface area contributed by atoms with E-state index in [0.29, 0.717) is 19.3 Å². The van der Waals surface area contributed by atoms with Crippen molar-refractivity contribution in [2.45, 2.75) is 37.2 Å². The van der Waals surface area contributed by atoms with Crippen LogP contribution in [0.2, 0.25) is 0 Å². The lowest BCUT2D eigenvalue weighted by Crippen LogP contribution is -2.37. The van der Waals surface area contributed by atoms with Crippen LogP contribution in [0.15, 0.2) is 23.1 Å². The Morgan fingerprint density at radius 1 is 1.25 bits per heavy atom. The molecule has 4 nitrogen and oxygen atoms in total. The van der Waals surface area contributed by atoms with Gasteiger partial charge in [0.05, 0.1) is 6.61 Å². The van der Waals surface area contributed by atoms with Crippen LogP contribution in [-0.4, -0.2) is 42.8 Å². The number of nitrogens with one attached hydrogen (secondary N) is 1. The lowest BCUT2D eigenvalue weighted by Gasteiger charge is -2.20. The topological polar surface area (TPSA) is 50.7 Å². The summed E-state index contributed by atoms with van der Waals surface area (Å²) in [7, 11) is 0. The van der Waals surface area contributed by atoms with Crippen molar-refractivity contribution in [3.05, 3.63) is 18.2 Å². The SMILES string of the molecule is CC(C)NC(CO)CCSc1ccc2c(c1)OCCO2. The molecule has 20 heavy (non-hydrogen) atoms. The van der Waals surface area contributed by atoms with E-state index in [1.165, 1.54) is 4.90 Å². The van der Waals surface area contributed by atoms with Crippen LogP contribution in [0.1, 0.15) is 20.3 Å². The molecule has 0 fully saturated rings. The van der Waals surface area contributed by atoms with Gasteiger partial charge in [0, 0.05) is 17.0 Å². The van der Waals surface area contributed by atoms with Crippen LogP contribution in [0.25, 0.3) is 0 Å². The average Bonchev–Trinajstić information content (AvgIpc) is 2.45. The number of aliphatic hydroxyl groups excluding tert-OH is 1. The molecule has 1 aromatic rings. The van der Waals surface area contributed by atoms with E-state index < -0.39 is 0 Å². The van der Waals surface area contributed by atoms with E-state index in [4.69, 9.17) is 9.47 Å². The highest BCUT2D eigenvalue weighted by atomic mass is 32.2. The van der Waals surface area contributed by atoms with Gasteiger partial charge >= 0.3 is 0 Å². The van der Waals surface area contributed by atoms with Crippen LogP contribution in [-0.2, 0) is 0 Å². The molecule has 5 heteroatoms. The Kier molecular flexibility index (Phi) is 6.01. The molecule has 0 spiro atoms. The molecule has 2 N–H and O–H groups in total. The van der Waals surface area contributed by atoms with Gasteiger partial charge in [0.1, 0.15) is 13.2 Å². The zero-order valence-electron chi connectivity index (χ0n) is 12.1. The molecule has 0 saturated heterocycles. The lowest BCUT2D eigenvalue weighted by atomic mass is 10.2. The van der Waals surface area contributed by atoms with Crippen LogP contribution < -0.4 is 14.8 Å². The van der Waals surface area contributed by atoms with Crippen LogP contribution in [0.4, 0.5) is 0 Å². The normalized spacial score (nSPS) is 15.4. The Labute approximate surface area is 124 Å². The van der Waals surface area contributed by atoms with E-state index in [0.717, 1.165) is 23.7 Å². The zero-order valence-corrected chi connectivity index (χ0v) is 12.9. The molecule has 2 rings (SSSR count). The quantitative estimate of drug-likeness (QED) is 0.756. The summed E-state index contributed by atoms with van der Waals surface area (Å²) in [4.78, 5) is 1.18. The molecule has 1 unspecified atom stereocenters. The fourth-order valence-electron chi connectivity index (χ4n) is 2.13. The Balaban J connectivity index is 1.81. The molecule has 0 radical (unpaired) electrons. The summed E-state index contributed by atoms with van der Waals surface area (Å²) in [5.41, 5.74) is 0. The molecule has 0 saturated carbocycles. The fraction of sp³-hybridized carbons (Fsp3) is 0.600. The van der Waals surface area contributed by atoms with Crippen molar-refractivity contribution in [2.24, 2.45) is 0 Å². The molecule has 1 heterocycles. The molecule has 0 amide bonds. The molecule has 1 aromatic carbocycles. The minimum Gasteiger partial charge on any atom is -0.486 e. The second-order valence-corrected chi connectivity index (χ2v) is 6.31. The number of ether oxygens (including phenoxy) is 2. The first-order chi connectivity index (χ1) is 9.69. The minimum absolute atomic E-state index is 0.166. The second-order valence-electron chi connectivity index (χ2n) is 5.14. The van der Waals surface area contributed by atoms with Crippen molar-refractivity contribution < 1.29 is 14.6 Å². The molecule has 0 aliphatic carbocycles. The Morgan fingerprint density at radius 3 is 2.70 bits per heavy atom. The fourth-order valence-corrected chi connectivity index (χ4v) is 3.12. The molecule has 1 aliphatic heterocycles. The van der Waals surface area contributed by atoms with Gasteiger partial charge in [-0.2, -0.15) is 0 Å². The summed E-state index contributed by atoms with van der Waals surface area (Å²) >= 11 is 1.78. The number of thioether (sulfide) groups is 1. The van der Waals surface area contributed by atoms with Gasteiger partial charge in [-0.15, -0.1) is 11.8 Å². The third-order valence-corrected chi connectivity index (χ3v) is 4.07. The molecular formula is C15H23NO3S. The van der Waals surface area contributed by atoms with E-state index in [9.17, 15) is 5.11 Å². The maximum Gasteiger partial charge on any atom is 0.162 e. The van der Waals surface area contributed by atoms with Crippen LogP contribution in [0.5, 0.6) is 11.5 Å². The van der Waals surface area contributed by atoms with E-state index in [1.807, 2.05) is 12.1 Å². The van der Waals surface area contributed by atoms with Gasteiger partial charge in [0.25, 0.3) is 0 Å². The van der Waals surface area contributed by atoms with Gasteiger partial charge in [-0.3, -0.25) is 0 Å². The largest absolute Gasteiger partial charge is 0.486 e. The molecular weight excluding hydrogens is 274 g/mol. The van der Waals surface area contributed by atoms with Crippen molar-refractivity contribution in [1.82, 2.24) is 5.32 Å². The lowest BCUT2D eigenvalue weighted by molar-refractivity contribution is 0.171. The first-order valence-electron chi connectivity index (χ1n) is 7.08. The third-order valence-electron chi connectivity index (χ3n) is 3.04. The highest BCUT2D eigenvalue weighted by Crippen LogP contribution is 2.34. The van der Waals surface area contributed by atoms with Crippen molar-refractivity contribution in [1.29, 1.82) is 0 Å². The number of aliphatic hydroxyl groups is 1. The van der Waals surface area contributed by atoms with Crippen molar-refractivity contribution in [3.8, 4) is 11.5 Å². The molecule has 112 valence electrons. The third kappa shape index (κ3) is 4.58.